The van der Waals surface area contributed by atoms with Crippen molar-refractivity contribution in [2.45, 2.75) is 264 Å². The van der Waals surface area contributed by atoms with Crippen LogP contribution >= 0.6 is 0 Å². The van der Waals surface area contributed by atoms with Crippen LogP contribution in [0.5, 0.6) is 0 Å². The first-order valence-corrected chi connectivity index (χ1v) is 26.3. The third kappa shape index (κ3) is 33.5. The van der Waals surface area contributed by atoms with Crippen LogP contribution in [0.1, 0.15) is 245 Å². The van der Waals surface area contributed by atoms with Crippen molar-refractivity contribution in [3.63, 3.8) is 0 Å². The Balaban J connectivity index is 2.44. The lowest BCUT2D eigenvalue weighted by Crippen LogP contribution is -2.41. The fourth-order valence-corrected chi connectivity index (χ4v) is 8.28. The molecule has 1 fully saturated rings. The van der Waals surface area contributed by atoms with Crippen molar-refractivity contribution in [2.75, 3.05) is 40.4 Å². The van der Waals surface area contributed by atoms with Crippen LogP contribution in [0.3, 0.4) is 0 Å². The number of amides is 1. The Morgan fingerprint density at radius 3 is 1.49 bits per heavy atom. The molecule has 11 heteroatoms. The van der Waals surface area contributed by atoms with Crippen LogP contribution in [0.4, 0.5) is 0 Å². The Labute approximate surface area is 385 Å². The van der Waals surface area contributed by atoms with E-state index < -0.39 is 18.1 Å². The van der Waals surface area contributed by atoms with Gasteiger partial charge in [0.1, 0.15) is 18.2 Å². The number of hydrogen-bond donors (Lipinski definition) is 0. The third-order valence-electron chi connectivity index (χ3n) is 12.3. The van der Waals surface area contributed by atoms with Gasteiger partial charge in [0.25, 0.3) is 0 Å². The van der Waals surface area contributed by atoms with E-state index in [1.54, 1.807) is 0 Å². The first-order chi connectivity index (χ1) is 30.6. The molecule has 1 unspecified atom stereocenters. The minimum atomic E-state index is -0.817. The summed E-state index contributed by atoms with van der Waals surface area (Å²) < 4.78 is 22.8. The van der Waals surface area contributed by atoms with Gasteiger partial charge in [0.15, 0.2) is 0 Å². The minimum Gasteiger partial charge on any atom is -0.466 e. The molecule has 1 saturated heterocycles. The Hall–Kier alpha value is -2.69. The van der Waals surface area contributed by atoms with E-state index in [4.69, 9.17) is 18.9 Å². The monoisotopic (exact) mass is 893 g/mol. The first-order valence-electron chi connectivity index (χ1n) is 26.3. The van der Waals surface area contributed by atoms with Crippen LogP contribution in [-0.2, 0) is 42.9 Å². The lowest BCUT2D eigenvalue weighted by atomic mass is 10.0. The summed E-state index contributed by atoms with van der Waals surface area (Å²) in [6, 6.07) is -0.817. The van der Waals surface area contributed by atoms with E-state index in [-0.39, 0.29) is 68.8 Å². The number of hydrogen-bond acceptors (Lipinski definition) is 10. The number of carbonyl (C=O) groups is 5. The molecule has 1 rings (SSSR count). The molecule has 0 aliphatic carbocycles. The highest BCUT2D eigenvalue weighted by Gasteiger charge is 2.42. The molecule has 63 heavy (non-hydrogen) atoms. The molecule has 0 saturated carbocycles. The number of unbranched alkanes of at least 4 members (excludes halogenated alkanes) is 23. The zero-order valence-electron chi connectivity index (χ0n) is 41.4. The van der Waals surface area contributed by atoms with Gasteiger partial charge in [-0.15, -0.1) is 0 Å². The molecule has 0 bridgehead atoms. The lowest BCUT2D eigenvalue weighted by molar-refractivity contribution is -0.153. The second-order valence-corrected chi connectivity index (χ2v) is 18.6. The van der Waals surface area contributed by atoms with Gasteiger partial charge in [0, 0.05) is 32.2 Å². The Bertz CT molecular complexity index is 1150. The van der Waals surface area contributed by atoms with Gasteiger partial charge in [-0.1, -0.05) is 156 Å². The molecular formula is C52H96N2O9. The standard InChI is InChI=1S/C52H96N2O9/c1-6-9-12-15-18-19-20-25-32-41-60-49(56)37-31-30-36-48(55)54-44-46(63-51(58)39-40-53(4)5)43-47(54)52(59)61-42-33-26-21-24-29-38-50(57)62-45(34-27-22-16-13-10-7-2)35-28-23-17-14-11-8-3/h45-47H,6-44H2,1-5H3/t46?,47-/m0/s1. The van der Waals surface area contributed by atoms with Gasteiger partial charge in [-0.2, -0.15) is 0 Å². The third-order valence-corrected chi connectivity index (χ3v) is 12.3. The van der Waals surface area contributed by atoms with Gasteiger partial charge in [0.2, 0.25) is 5.91 Å². The van der Waals surface area contributed by atoms with Gasteiger partial charge in [-0.25, -0.2) is 4.79 Å². The van der Waals surface area contributed by atoms with Crippen molar-refractivity contribution in [1.29, 1.82) is 0 Å². The number of likely N-dealkylation sites (tertiary alicyclic amines) is 1. The van der Waals surface area contributed by atoms with Crippen molar-refractivity contribution in [1.82, 2.24) is 9.80 Å². The van der Waals surface area contributed by atoms with E-state index in [0.717, 1.165) is 64.2 Å². The maximum absolute atomic E-state index is 13.4. The zero-order valence-corrected chi connectivity index (χ0v) is 41.4. The molecule has 0 N–H and O–H groups in total. The molecule has 0 spiro atoms. The van der Waals surface area contributed by atoms with Crippen molar-refractivity contribution in [3.05, 3.63) is 0 Å². The second-order valence-electron chi connectivity index (χ2n) is 18.6. The smallest absolute Gasteiger partial charge is 0.329 e. The van der Waals surface area contributed by atoms with E-state index in [0.29, 0.717) is 38.8 Å². The molecule has 368 valence electrons. The van der Waals surface area contributed by atoms with Crippen LogP contribution in [0, 0.1) is 0 Å². The van der Waals surface area contributed by atoms with E-state index in [1.165, 1.54) is 114 Å². The summed E-state index contributed by atoms with van der Waals surface area (Å²) in [5, 5.41) is 0. The van der Waals surface area contributed by atoms with Gasteiger partial charge >= 0.3 is 23.9 Å². The Morgan fingerprint density at radius 1 is 0.508 bits per heavy atom. The van der Waals surface area contributed by atoms with Crippen molar-refractivity contribution < 1.29 is 42.9 Å². The lowest BCUT2D eigenvalue weighted by Gasteiger charge is -2.23. The molecule has 11 nitrogen and oxygen atoms in total. The topological polar surface area (TPSA) is 129 Å². The highest BCUT2D eigenvalue weighted by atomic mass is 16.6. The number of nitrogens with zero attached hydrogens (tertiary/aromatic N) is 2. The summed E-state index contributed by atoms with van der Waals surface area (Å²) in [6.45, 7) is 8.08. The molecule has 1 aliphatic rings. The van der Waals surface area contributed by atoms with Gasteiger partial charge in [-0.05, 0) is 71.9 Å². The highest BCUT2D eigenvalue weighted by molar-refractivity contribution is 5.85. The SMILES string of the molecule is CCCCCCCCCCCOC(=O)CCCCC(=O)N1CC(OC(=O)CCN(C)C)C[C@H]1C(=O)OCCCCCCCC(=O)OC(CCCCCCCC)CCCCCCCC. The van der Waals surface area contributed by atoms with Crippen molar-refractivity contribution in [2.24, 2.45) is 0 Å². The molecule has 0 aromatic heterocycles. The average molecular weight is 893 g/mol. The summed E-state index contributed by atoms with van der Waals surface area (Å²) in [5.41, 5.74) is 0. The van der Waals surface area contributed by atoms with E-state index in [9.17, 15) is 24.0 Å². The quantitative estimate of drug-likeness (QED) is 0.0331. The molecule has 1 amide bonds. The van der Waals surface area contributed by atoms with Gasteiger partial charge in [0.05, 0.1) is 26.2 Å². The van der Waals surface area contributed by atoms with Gasteiger partial charge in [-0.3, -0.25) is 19.2 Å². The number of rotatable bonds is 43. The molecule has 1 heterocycles. The summed E-state index contributed by atoms with van der Waals surface area (Å²) in [7, 11) is 3.77. The number of esters is 4. The second kappa shape index (κ2) is 40.8. The molecule has 2 atom stereocenters. The maximum Gasteiger partial charge on any atom is 0.329 e. The first kappa shape index (κ1) is 58.3. The summed E-state index contributed by atoms with van der Waals surface area (Å²) >= 11 is 0. The molecule has 1 aliphatic heterocycles. The predicted molar refractivity (Wildman–Crippen MR) is 254 cm³/mol. The molecule has 0 aromatic carbocycles. The van der Waals surface area contributed by atoms with Crippen LogP contribution < -0.4 is 0 Å². The average Bonchev–Trinajstić information content (AvgIpc) is 3.69. The molecular weight excluding hydrogens is 797 g/mol. The maximum atomic E-state index is 13.4. The van der Waals surface area contributed by atoms with E-state index in [1.807, 2.05) is 19.0 Å². The highest BCUT2D eigenvalue weighted by Crippen LogP contribution is 2.25. The number of carbonyl (C=O) groups excluding carboxylic acids is 5. The summed E-state index contributed by atoms with van der Waals surface area (Å²) in [6.07, 6.45) is 33.6. The van der Waals surface area contributed by atoms with Crippen LogP contribution in [0.25, 0.3) is 0 Å². The fourth-order valence-electron chi connectivity index (χ4n) is 8.28. The van der Waals surface area contributed by atoms with Gasteiger partial charge < -0.3 is 28.7 Å². The summed E-state index contributed by atoms with van der Waals surface area (Å²) in [5.74, 6) is -1.36. The number of ether oxygens (including phenoxy) is 4. The zero-order chi connectivity index (χ0) is 46.2. The minimum absolute atomic E-state index is 0.0377. The summed E-state index contributed by atoms with van der Waals surface area (Å²) in [4.78, 5) is 67.8. The Kier molecular flexibility index (Phi) is 37.8. The van der Waals surface area contributed by atoms with Crippen LogP contribution in [-0.4, -0.2) is 98.2 Å². The normalized spacial score (nSPS) is 15.0. The largest absolute Gasteiger partial charge is 0.466 e. The van der Waals surface area contributed by atoms with E-state index >= 15 is 0 Å². The fraction of sp³-hybridized carbons (Fsp3) is 0.904. The predicted octanol–water partition coefficient (Wildman–Crippen LogP) is 12.4. The Morgan fingerprint density at radius 2 is 0.952 bits per heavy atom. The van der Waals surface area contributed by atoms with Crippen LogP contribution in [0.2, 0.25) is 0 Å². The van der Waals surface area contributed by atoms with E-state index in [2.05, 4.69) is 20.8 Å². The molecule has 0 aromatic rings. The van der Waals surface area contributed by atoms with Crippen molar-refractivity contribution >= 4 is 29.8 Å². The van der Waals surface area contributed by atoms with Crippen LogP contribution in [0.15, 0.2) is 0 Å². The van der Waals surface area contributed by atoms with Crippen molar-refractivity contribution in [3.8, 4) is 0 Å². The molecule has 0 radical (unpaired) electrons.